The van der Waals surface area contributed by atoms with E-state index in [0.29, 0.717) is 0 Å². The van der Waals surface area contributed by atoms with Gasteiger partial charge in [0.2, 0.25) is 0 Å². The number of aldehydes is 1. The highest BCUT2D eigenvalue weighted by Crippen LogP contribution is 2.40. The van der Waals surface area contributed by atoms with Gasteiger partial charge in [-0.05, 0) is 42.7 Å². The van der Waals surface area contributed by atoms with E-state index in [0.717, 1.165) is 12.7 Å². The Morgan fingerprint density at radius 2 is 1.23 bits per heavy atom. The zero-order chi connectivity index (χ0) is 18.0. The number of hydrogen-bond donors (Lipinski definition) is 0. The van der Waals surface area contributed by atoms with Gasteiger partial charge >= 0.3 is 0 Å². The number of hydrogen-bond acceptors (Lipinski definition) is 3. The minimum atomic E-state index is -1.99. The smallest absolute Gasteiger partial charge is 0.193 e. The van der Waals surface area contributed by atoms with Crippen molar-refractivity contribution in [3.8, 4) is 0 Å². The van der Waals surface area contributed by atoms with Crippen LogP contribution in [0, 0.1) is 0 Å². The molecule has 0 saturated heterocycles. The van der Waals surface area contributed by atoms with Crippen molar-refractivity contribution in [3.63, 3.8) is 0 Å². The molecule has 2 atom stereocenters. The quantitative estimate of drug-likeness (QED) is 0.459. The van der Waals surface area contributed by atoms with Crippen molar-refractivity contribution >= 4 is 22.9 Å². The van der Waals surface area contributed by atoms with Crippen LogP contribution in [0.2, 0.25) is 36.3 Å². The molecule has 5 heteroatoms. The van der Waals surface area contributed by atoms with Crippen molar-refractivity contribution in [1.82, 2.24) is 0 Å². The average Bonchev–Trinajstić information content (AvgIpc) is 2.30. The Kier molecular flexibility index (Phi) is 7.29. The van der Waals surface area contributed by atoms with E-state index in [1.165, 1.54) is 0 Å². The fourth-order valence-electron chi connectivity index (χ4n) is 1.65. The van der Waals surface area contributed by atoms with Crippen LogP contribution in [0.5, 0.6) is 0 Å². The summed E-state index contributed by atoms with van der Waals surface area (Å²) in [5, 5.41) is 0.217. The Balaban J connectivity index is 5.24. The SMILES string of the molecule is CC[C@@H](O[Si](C)(C)C(C)(C)C)[C@H](C=O)O[Si](C)(C)C(C)(C)C. The van der Waals surface area contributed by atoms with E-state index < -0.39 is 22.7 Å². The van der Waals surface area contributed by atoms with Gasteiger partial charge < -0.3 is 13.6 Å². The van der Waals surface area contributed by atoms with E-state index in [9.17, 15) is 4.79 Å². The van der Waals surface area contributed by atoms with Gasteiger partial charge in [-0.1, -0.05) is 48.5 Å². The fourth-order valence-corrected chi connectivity index (χ4v) is 4.30. The second kappa shape index (κ2) is 7.28. The molecule has 0 amide bonds. The monoisotopic (exact) mass is 346 g/mol. The van der Waals surface area contributed by atoms with Crippen LogP contribution in [0.15, 0.2) is 0 Å². The van der Waals surface area contributed by atoms with Gasteiger partial charge in [-0.25, -0.2) is 0 Å². The maximum atomic E-state index is 11.7. The Morgan fingerprint density at radius 1 is 0.864 bits per heavy atom. The summed E-state index contributed by atoms with van der Waals surface area (Å²) in [6.45, 7) is 24.1. The van der Waals surface area contributed by atoms with Gasteiger partial charge in [0.15, 0.2) is 16.6 Å². The molecule has 0 heterocycles. The first kappa shape index (κ1) is 22.0. The number of carbonyl (C=O) groups is 1. The largest absolute Gasteiger partial charge is 0.411 e. The normalized spacial score (nSPS) is 17.2. The van der Waals surface area contributed by atoms with Crippen LogP contribution in [0.1, 0.15) is 54.9 Å². The van der Waals surface area contributed by atoms with E-state index in [2.05, 4.69) is 74.7 Å². The number of rotatable bonds is 7. The lowest BCUT2D eigenvalue weighted by Gasteiger charge is -2.43. The highest BCUT2D eigenvalue weighted by atomic mass is 28.4. The van der Waals surface area contributed by atoms with Crippen LogP contribution in [0.3, 0.4) is 0 Å². The molecular formula is C17H38O3Si2. The number of carbonyl (C=O) groups excluding carboxylic acids is 1. The molecule has 22 heavy (non-hydrogen) atoms. The predicted molar refractivity (Wildman–Crippen MR) is 100 cm³/mol. The van der Waals surface area contributed by atoms with Gasteiger partial charge in [-0.2, -0.15) is 0 Å². The summed E-state index contributed by atoms with van der Waals surface area (Å²) in [7, 11) is -3.90. The summed E-state index contributed by atoms with van der Waals surface area (Å²) in [4.78, 5) is 11.7. The molecular weight excluding hydrogens is 308 g/mol. The topological polar surface area (TPSA) is 35.5 Å². The molecule has 0 rings (SSSR count). The maximum absolute atomic E-state index is 11.7. The van der Waals surface area contributed by atoms with Crippen molar-refractivity contribution in [2.24, 2.45) is 0 Å². The first-order valence-electron chi connectivity index (χ1n) is 8.40. The first-order chi connectivity index (χ1) is 9.59. The van der Waals surface area contributed by atoms with E-state index in [1.54, 1.807) is 0 Å². The molecule has 0 aromatic heterocycles. The molecule has 132 valence electrons. The van der Waals surface area contributed by atoms with E-state index in [-0.39, 0.29) is 16.2 Å². The Bertz CT molecular complexity index is 365. The molecule has 0 aliphatic heterocycles. The van der Waals surface area contributed by atoms with Gasteiger partial charge in [0.05, 0.1) is 6.10 Å². The van der Waals surface area contributed by atoms with Crippen LogP contribution in [-0.4, -0.2) is 35.1 Å². The minimum absolute atomic E-state index is 0.0868. The molecule has 0 fully saturated rings. The molecule has 0 saturated carbocycles. The summed E-state index contributed by atoms with van der Waals surface area (Å²) >= 11 is 0. The predicted octanol–water partition coefficient (Wildman–Crippen LogP) is 5.38. The summed E-state index contributed by atoms with van der Waals surface area (Å²) in [5.41, 5.74) is 0. The molecule has 0 aromatic carbocycles. The molecule has 0 spiro atoms. The molecule has 0 radical (unpaired) electrons. The third-order valence-electron chi connectivity index (χ3n) is 5.39. The molecule has 0 aliphatic rings. The highest BCUT2D eigenvalue weighted by molar-refractivity contribution is 6.74. The van der Waals surface area contributed by atoms with Crippen LogP contribution < -0.4 is 0 Å². The summed E-state index contributed by atoms with van der Waals surface area (Å²) in [6, 6.07) is 0. The van der Waals surface area contributed by atoms with Crippen molar-refractivity contribution in [2.75, 3.05) is 0 Å². The van der Waals surface area contributed by atoms with Crippen molar-refractivity contribution in [1.29, 1.82) is 0 Å². The second-order valence-corrected chi connectivity index (χ2v) is 18.8. The zero-order valence-electron chi connectivity index (χ0n) is 16.7. The van der Waals surface area contributed by atoms with Gasteiger partial charge in [0.25, 0.3) is 0 Å². The van der Waals surface area contributed by atoms with E-state index in [1.807, 2.05) is 0 Å². The molecule has 0 aliphatic carbocycles. The van der Waals surface area contributed by atoms with Gasteiger partial charge in [0.1, 0.15) is 12.4 Å². The molecule has 3 nitrogen and oxygen atoms in total. The second-order valence-electron chi connectivity index (χ2n) is 9.30. The minimum Gasteiger partial charge on any atom is -0.411 e. The maximum Gasteiger partial charge on any atom is 0.193 e. The lowest BCUT2D eigenvalue weighted by Crippen LogP contribution is -2.52. The Morgan fingerprint density at radius 3 is 1.50 bits per heavy atom. The van der Waals surface area contributed by atoms with Gasteiger partial charge in [0, 0.05) is 0 Å². The molecule has 0 N–H and O–H groups in total. The Labute approximate surface area is 140 Å². The van der Waals surface area contributed by atoms with Crippen molar-refractivity contribution in [3.05, 3.63) is 0 Å². The molecule has 0 bridgehead atoms. The van der Waals surface area contributed by atoms with Gasteiger partial charge in [-0.3, -0.25) is 0 Å². The fraction of sp³-hybridized carbons (Fsp3) is 0.941. The first-order valence-corrected chi connectivity index (χ1v) is 14.2. The van der Waals surface area contributed by atoms with Crippen LogP contribution in [0.4, 0.5) is 0 Å². The Hall–Kier alpha value is 0.0238. The summed E-state index contributed by atoms with van der Waals surface area (Å²) in [6.07, 6.45) is 1.14. The molecule has 0 unspecified atom stereocenters. The van der Waals surface area contributed by atoms with Crippen molar-refractivity contribution < 1.29 is 13.6 Å². The van der Waals surface area contributed by atoms with E-state index in [4.69, 9.17) is 8.85 Å². The van der Waals surface area contributed by atoms with Crippen LogP contribution in [-0.2, 0) is 13.6 Å². The van der Waals surface area contributed by atoms with Gasteiger partial charge in [-0.15, -0.1) is 0 Å². The van der Waals surface area contributed by atoms with Crippen molar-refractivity contribution in [2.45, 2.75) is 103 Å². The summed E-state index contributed by atoms with van der Waals surface area (Å²) < 4.78 is 12.8. The third kappa shape index (κ3) is 5.58. The lowest BCUT2D eigenvalue weighted by molar-refractivity contribution is -0.118. The standard InChI is InChI=1S/C17H38O3Si2/c1-12-14(19-21(8,9)16(2,3)4)15(13-18)20-22(10,11)17(5,6)7/h13-15H,12H2,1-11H3/t14-,15+/m1/s1. The zero-order valence-corrected chi connectivity index (χ0v) is 18.7. The summed E-state index contributed by atoms with van der Waals surface area (Å²) in [5.74, 6) is 0. The van der Waals surface area contributed by atoms with E-state index >= 15 is 0 Å². The average molecular weight is 347 g/mol. The van der Waals surface area contributed by atoms with Crippen LogP contribution in [0.25, 0.3) is 0 Å². The highest BCUT2D eigenvalue weighted by Gasteiger charge is 2.44. The van der Waals surface area contributed by atoms with Crippen LogP contribution >= 0.6 is 0 Å². The molecule has 0 aromatic rings. The third-order valence-corrected chi connectivity index (χ3v) is 14.4. The lowest BCUT2D eigenvalue weighted by atomic mass is 10.2.